The van der Waals surface area contributed by atoms with Crippen molar-refractivity contribution in [3.8, 4) is 0 Å². The molecule has 0 aromatic rings. The lowest BCUT2D eigenvalue weighted by molar-refractivity contribution is -0.167. The highest BCUT2D eigenvalue weighted by atomic mass is 16.6. The molecule has 0 aliphatic carbocycles. The molecule has 0 N–H and O–H groups in total. The minimum Gasteiger partial charge on any atom is -0.462 e. The van der Waals surface area contributed by atoms with Gasteiger partial charge in [0.1, 0.15) is 13.2 Å². The number of rotatable bonds is 52. The van der Waals surface area contributed by atoms with E-state index in [1.165, 1.54) is 96.3 Å². The van der Waals surface area contributed by atoms with E-state index in [-0.39, 0.29) is 31.1 Å². The van der Waals surface area contributed by atoms with Crippen LogP contribution in [-0.2, 0) is 28.6 Å². The fourth-order valence-electron chi connectivity index (χ4n) is 7.82. The predicted molar refractivity (Wildman–Crippen MR) is 307 cm³/mol. The monoisotopic (exact) mass is 985 g/mol. The smallest absolute Gasteiger partial charge is 0.306 e. The van der Waals surface area contributed by atoms with E-state index in [0.29, 0.717) is 19.3 Å². The Morgan fingerprint density at radius 2 is 0.549 bits per heavy atom. The predicted octanol–water partition coefficient (Wildman–Crippen LogP) is 19.9. The van der Waals surface area contributed by atoms with Crippen molar-refractivity contribution in [1.82, 2.24) is 0 Å². The van der Waals surface area contributed by atoms with E-state index < -0.39 is 6.10 Å². The molecule has 0 heterocycles. The highest BCUT2D eigenvalue weighted by Crippen LogP contribution is 2.14. The zero-order valence-corrected chi connectivity index (χ0v) is 46.2. The molecule has 0 fully saturated rings. The average Bonchev–Trinajstić information content (AvgIpc) is 3.37. The van der Waals surface area contributed by atoms with E-state index in [2.05, 4.69) is 130 Å². The Kier molecular flexibility index (Phi) is 55.4. The second kappa shape index (κ2) is 58.6. The van der Waals surface area contributed by atoms with Gasteiger partial charge in [-0.25, -0.2) is 0 Å². The van der Waals surface area contributed by atoms with Crippen molar-refractivity contribution in [3.05, 3.63) is 109 Å². The maximum absolute atomic E-state index is 12.9. The molecule has 1 atom stereocenters. The van der Waals surface area contributed by atoms with Crippen LogP contribution in [0.4, 0.5) is 0 Å². The van der Waals surface area contributed by atoms with E-state index >= 15 is 0 Å². The summed E-state index contributed by atoms with van der Waals surface area (Å²) in [6, 6.07) is 0. The molecule has 0 spiro atoms. The molecule has 6 nitrogen and oxygen atoms in total. The highest BCUT2D eigenvalue weighted by molar-refractivity contribution is 5.71. The van der Waals surface area contributed by atoms with Crippen molar-refractivity contribution in [1.29, 1.82) is 0 Å². The van der Waals surface area contributed by atoms with Gasteiger partial charge >= 0.3 is 17.9 Å². The van der Waals surface area contributed by atoms with Crippen LogP contribution in [-0.4, -0.2) is 37.2 Å². The first-order valence-electron chi connectivity index (χ1n) is 29.4. The quantitative estimate of drug-likeness (QED) is 0.0261. The van der Waals surface area contributed by atoms with Crippen LogP contribution in [0.3, 0.4) is 0 Å². The van der Waals surface area contributed by atoms with Crippen molar-refractivity contribution < 1.29 is 28.6 Å². The molecule has 0 bridgehead atoms. The van der Waals surface area contributed by atoms with Crippen molar-refractivity contribution in [2.45, 2.75) is 271 Å². The fourth-order valence-corrected chi connectivity index (χ4v) is 7.82. The van der Waals surface area contributed by atoms with E-state index in [0.717, 1.165) is 128 Å². The number of carbonyl (C=O) groups is 3. The van der Waals surface area contributed by atoms with Crippen LogP contribution in [0.25, 0.3) is 0 Å². The molecule has 6 heteroatoms. The van der Waals surface area contributed by atoms with Crippen LogP contribution in [0.1, 0.15) is 265 Å². The van der Waals surface area contributed by atoms with E-state index in [1.807, 2.05) is 0 Å². The summed E-state index contributed by atoms with van der Waals surface area (Å²) in [7, 11) is 0. The van der Waals surface area contributed by atoms with Crippen molar-refractivity contribution in [2.75, 3.05) is 13.2 Å². The molecule has 0 rings (SSSR count). The van der Waals surface area contributed by atoms with Gasteiger partial charge in [0, 0.05) is 19.3 Å². The summed E-state index contributed by atoms with van der Waals surface area (Å²) in [6.45, 7) is 6.44. The standard InChI is InChI=1S/C65H108O6/c1-4-7-10-13-16-19-22-25-28-30-32-34-37-40-43-46-49-52-55-58-64(67)70-61-62(60-69-63(66)57-54-51-48-45-42-39-36-27-24-21-18-15-12-9-6-3)71-65(68)59-56-53-50-47-44-41-38-35-33-31-29-26-23-20-17-14-11-8-5-2/h7,10,16-21,25-29,32,34,36,40,43,62H,4-6,8-9,11-15,22-24,30-31,33,35,37-39,41-42,44-61H2,1-3H3/b10-7+,19-16+,20-17+,21-18+,28-25+,29-26+,34-32+,36-27+,43-40+/t62-/m1/s1. The van der Waals surface area contributed by atoms with Crippen LogP contribution >= 0.6 is 0 Å². The Labute approximate surface area is 438 Å². The second-order valence-corrected chi connectivity index (χ2v) is 19.2. The summed E-state index contributed by atoms with van der Waals surface area (Å²) in [5, 5.41) is 0. The first kappa shape index (κ1) is 67.1. The van der Waals surface area contributed by atoms with Crippen LogP contribution in [0.5, 0.6) is 0 Å². The molecule has 0 aromatic carbocycles. The Morgan fingerprint density at radius 3 is 0.873 bits per heavy atom. The number of hydrogen-bond donors (Lipinski definition) is 0. The number of unbranched alkanes of at least 4 members (excludes halogenated alkanes) is 23. The lowest BCUT2D eigenvalue weighted by atomic mass is 10.1. The molecule has 0 aliphatic heterocycles. The summed E-state index contributed by atoms with van der Waals surface area (Å²) in [4.78, 5) is 38.2. The summed E-state index contributed by atoms with van der Waals surface area (Å²) in [6.07, 6.45) is 79.3. The van der Waals surface area contributed by atoms with Gasteiger partial charge in [-0.05, 0) is 128 Å². The van der Waals surface area contributed by atoms with Crippen LogP contribution in [0, 0.1) is 0 Å². The molecule has 0 amide bonds. The molecule has 71 heavy (non-hydrogen) atoms. The Bertz CT molecular complexity index is 1460. The maximum Gasteiger partial charge on any atom is 0.306 e. The molecule has 404 valence electrons. The van der Waals surface area contributed by atoms with Gasteiger partial charge in [-0.1, -0.05) is 226 Å². The van der Waals surface area contributed by atoms with E-state index in [1.54, 1.807) is 0 Å². The summed E-state index contributed by atoms with van der Waals surface area (Å²) < 4.78 is 16.8. The molecule has 0 saturated heterocycles. The van der Waals surface area contributed by atoms with Gasteiger partial charge in [-0.3, -0.25) is 14.4 Å². The number of ether oxygens (including phenoxy) is 3. The lowest BCUT2D eigenvalue weighted by Crippen LogP contribution is -2.30. The number of hydrogen-bond acceptors (Lipinski definition) is 6. The number of carbonyl (C=O) groups excluding carboxylic acids is 3. The maximum atomic E-state index is 12.9. The first-order valence-corrected chi connectivity index (χ1v) is 29.4. The molecular formula is C65H108O6. The van der Waals surface area contributed by atoms with Crippen LogP contribution < -0.4 is 0 Å². The van der Waals surface area contributed by atoms with Gasteiger partial charge in [0.15, 0.2) is 6.10 Å². The molecule has 0 aromatic heterocycles. The molecular weight excluding hydrogens is 877 g/mol. The third-order valence-electron chi connectivity index (χ3n) is 12.2. The van der Waals surface area contributed by atoms with Crippen LogP contribution in [0.2, 0.25) is 0 Å². The first-order chi connectivity index (χ1) is 35.0. The Balaban J connectivity index is 4.48. The van der Waals surface area contributed by atoms with Crippen molar-refractivity contribution in [2.24, 2.45) is 0 Å². The third-order valence-corrected chi connectivity index (χ3v) is 12.2. The average molecular weight is 986 g/mol. The minimum atomic E-state index is -0.803. The third kappa shape index (κ3) is 56.9. The van der Waals surface area contributed by atoms with Gasteiger partial charge in [-0.15, -0.1) is 0 Å². The second-order valence-electron chi connectivity index (χ2n) is 19.2. The normalized spacial score (nSPS) is 12.9. The fraction of sp³-hybridized carbons (Fsp3) is 0.677. The zero-order valence-electron chi connectivity index (χ0n) is 46.2. The largest absolute Gasteiger partial charge is 0.462 e. The number of allylic oxidation sites excluding steroid dienone is 18. The van der Waals surface area contributed by atoms with Gasteiger partial charge in [0.2, 0.25) is 0 Å². The Hall–Kier alpha value is -3.93. The van der Waals surface area contributed by atoms with Gasteiger partial charge in [0.25, 0.3) is 0 Å². The Morgan fingerprint density at radius 1 is 0.296 bits per heavy atom. The molecule has 0 unspecified atom stereocenters. The molecule has 0 aliphatic rings. The van der Waals surface area contributed by atoms with Gasteiger partial charge in [-0.2, -0.15) is 0 Å². The van der Waals surface area contributed by atoms with Crippen LogP contribution in [0.15, 0.2) is 109 Å². The SMILES string of the molecule is CC/C=C/C/C=C/C/C=C/C/C=C/C/C=C/CCCCCC(=O)OC[C@@H](COC(=O)CCCCCCC/C=C/C/C=C/CCCCC)OC(=O)CCCCCCCCCCC/C=C/C/C=C/CCCCC. The zero-order chi connectivity index (χ0) is 51.4. The number of esters is 3. The van der Waals surface area contributed by atoms with Crippen molar-refractivity contribution >= 4 is 17.9 Å². The van der Waals surface area contributed by atoms with E-state index in [9.17, 15) is 14.4 Å². The molecule has 0 saturated carbocycles. The topological polar surface area (TPSA) is 78.9 Å². The highest BCUT2D eigenvalue weighted by Gasteiger charge is 2.19. The minimum absolute atomic E-state index is 0.0990. The lowest BCUT2D eigenvalue weighted by Gasteiger charge is -2.18. The van der Waals surface area contributed by atoms with Gasteiger partial charge in [0.05, 0.1) is 0 Å². The van der Waals surface area contributed by atoms with Crippen molar-refractivity contribution in [3.63, 3.8) is 0 Å². The van der Waals surface area contributed by atoms with E-state index in [4.69, 9.17) is 14.2 Å². The summed E-state index contributed by atoms with van der Waals surface area (Å²) >= 11 is 0. The summed E-state index contributed by atoms with van der Waals surface area (Å²) in [5.74, 6) is -0.947. The molecule has 0 radical (unpaired) electrons. The van der Waals surface area contributed by atoms with Gasteiger partial charge < -0.3 is 14.2 Å². The summed E-state index contributed by atoms with van der Waals surface area (Å²) in [5.41, 5.74) is 0.